The Hall–Kier alpha value is -9.62. The van der Waals surface area contributed by atoms with Crippen molar-refractivity contribution in [1.82, 2.24) is 65.8 Å². The average Bonchev–Trinajstić information content (AvgIpc) is 1.08. The van der Waals surface area contributed by atoms with Crippen LogP contribution in [-0.4, -0.2) is 340 Å². The van der Waals surface area contributed by atoms with Crippen LogP contribution in [0.15, 0.2) is 38.0 Å². The highest BCUT2D eigenvalue weighted by atomic mass is 16.6. The van der Waals surface area contributed by atoms with Crippen LogP contribution in [0.2, 0.25) is 0 Å². The molecule has 0 rings (SSSR count). The van der Waals surface area contributed by atoms with E-state index in [9.17, 15) is 24.0 Å². The fraction of sp³-hybridized carbons (Fsp3) is 0.811. The molecule has 0 fully saturated rings. The standard InChI is InChI=1S/C27H46N8O2.C27H62N8O2.C17H30N4O2.C15H34N4O2.C11H24N2O2.3C3H3N/c1-27(2,3)37-26(36)32-15-7-5-6-8-17-35(24-22-33(18-9-12-28)19-10-13-29)25-23-34(20-11-14-30)21-16-31-4;1-27(2,3)37-26(36)32-16-6-4-5-7-17-35(24-22-33(18-8-12-28)19-9-13-29)25-23-34(20-10-14-30)21-11-15-31;1-17(2,3)23-16(22)20-12-6-4-5-7-13-21(14-8-10-18)15-9-11-19;1-15(2,3)21-14(20)18-10-6-4-5-7-11-19(12-8-16)13-9-17;1-11(2,3)15-10(14)13-9-7-5-4-6-8-12;3*1-2-3-4/h5-11,15-25H2,1-3H3,(H,32,36);4-25,28-31H2,1-3H3,(H,32,36);4-9,12-15H2,1-3H3,(H,20,22);4-13,16-17H2,1-3H3,(H,18,20);4-9,12H2,1-3H3,(H,13,14);3*2H,1H2. The van der Waals surface area contributed by atoms with Crippen LogP contribution in [0.4, 0.5) is 24.0 Å². The second-order valence-corrected chi connectivity index (χ2v) is 39.3. The number of hydrogen-bond acceptors (Lipinski definition) is 33. The van der Waals surface area contributed by atoms with Crippen LogP contribution in [0.5, 0.6) is 0 Å². The maximum atomic E-state index is 11.8. The van der Waals surface area contributed by atoms with Crippen LogP contribution >= 0.6 is 0 Å². The summed E-state index contributed by atoms with van der Waals surface area (Å²) in [5.74, 6) is 0. The van der Waals surface area contributed by atoms with Gasteiger partial charge in [-0.05, 0) is 279 Å². The maximum Gasteiger partial charge on any atom is 0.407 e. The van der Waals surface area contributed by atoms with Crippen molar-refractivity contribution in [2.45, 2.75) is 318 Å². The van der Waals surface area contributed by atoms with Gasteiger partial charge < -0.3 is 130 Å². The van der Waals surface area contributed by atoms with Gasteiger partial charge in [0.15, 0.2) is 0 Å². The zero-order chi connectivity index (χ0) is 111. The minimum atomic E-state index is -0.494. The summed E-state index contributed by atoms with van der Waals surface area (Å²) < 4.78 is 26.0. The fourth-order valence-corrected chi connectivity index (χ4v) is 13.1. The Morgan fingerprint density at radius 2 is 0.407 bits per heavy atom. The van der Waals surface area contributed by atoms with Crippen molar-refractivity contribution in [3.05, 3.63) is 49.4 Å². The molecule has 145 heavy (non-hydrogen) atoms. The number of unbranched alkanes of at least 4 members (excludes halogenated alkanes) is 15. The number of carbonyl (C=O) groups excluding carboxylic acids is 5. The molecule has 0 aliphatic heterocycles. The smallest absolute Gasteiger partial charge is 0.407 e. The van der Waals surface area contributed by atoms with Gasteiger partial charge in [-0.25, -0.2) is 30.5 Å². The summed E-state index contributed by atoms with van der Waals surface area (Å²) >= 11 is 0. The number of ether oxygens (including phenoxy) is 5. The van der Waals surface area contributed by atoms with Crippen molar-refractivity contribution in [3.8, 4) is 48.6 Å². The van der Waals surface area contributed by atoms with Crippen LogP contribution in [-0.2, 0) is 23.7 Å². The molecule has 0 spiro atoms. The van der Waals surface area contributed by atoms with E-state index in [0.29, 0.717) is 111 Å². The summed E-state index contributed by atoms with van der Waals surface area (Å²) in [6, 6.07) is 15.9. The van der Waals surface area contributed by atoms with Crippen LogP contribution in [0, 0.1) is 97.2 Å². The van der Waals surface area contributed by atoms with E-state index in [1.54, 1.807) is 18.2 Å². The molecule has 0 heterocycles. The number of nitrogens with one attached hydrogen (secondary N) is 5. The topological polar surface area (TPSA) is 594 Å². The highest BCUT2D eigenvalue weighted by molar-refractivity contribution is 5.69. The Morgan fingerprint density at radius 1 is 0.248 bits per heavy atom. The van der Waals surface area contributed by atoms with Crippen LogP contribution in [0.3, 0.4) is 0 Å². The number of nitriles is 8. The lowest BCUT2D eigenvalue weighted by atomic mass is 10.2. The molecule has 0 radical (unpaired) electrons. The molecule has 0 saturated carbocycles. The molecule has 0 bridgehead atoms. The quantitative estimate of drug-likeness (QED) is 0.0116. The van der Waals surface area contributed by atoms with Crippen LogP contribution in [0.25, 0.3) is 4.85 Å². The van der Waals surface area contributed by atoms with Crippen molar-refractivity contribution in [2.75, 3.05) is 242 Å². The zero-order valence-corrected chi connectivity index (χ0v) is 93.2. The van der Waals surface area contributed by atoms with Gasteiger partial charge in [-0.15, -0.1) is 0 Å². The monoisotopic (exact) mass is 2040 g/mol. The van der Waals surface area contributed by atoms with Gasteiger partial charge in [0.25, 0.3) is 0 Å². The molecule has 0 aromatic rings. The summed E-state index contributed by atoms with van der Waals surface area (Å²) in [4.78, 5) is 79.9. The molecule has 0 unspecified atom stereocenters. The van der Waals surface area contributed by atoms with E-state index in [1.807, 2.05) is 104 Å². The van der Waals surface area contributed by atoms with E-state index in [4.69, 9.17) is 112 Å². The molecule has 834 valence electrons. The molecular weight excluding hydrogens is 1840 g/mol. The molecule has 19 N–H and O–H groups in total. The van der Waals surface area contributed by atoms with Gasteiger partial charge in [-0.2, -0.15) is 42.1 Å². The second kappa shape index (κ2) is 110. The summed E-state index contributed by atoms with van der Waals surface area (Å²) in [6.45, 7) is 74.5. The average molecular weight is 2050 g/mol. The van der Waals surface area contributed by atoms with Gasteiger partial charge in [0, 0.05) is 194 Å². The largest absolute Gasteiger partial charge is 0.444 e. The highest BCUT2D eigenvalue weighted by Crippen LogP contribution is 2.15. The lowest BCUT2D eigenvalue weighted by Gasteiger charge is -2.30. The molecule has 0 saturated heterocycles. The van der Waals surface area contributed by atoms with Crippen LogP contribution < -0.4 is 66.7 Å². The number of nitrogens with zero attached hydrogens (tertiary/aromatic N) is 17. The number of rotatable bonds is 74. The molecular formula is C106H205N29O10. The minimum absolute atomic E-state index is 0.332. The van der Waals surface area contributed by atoms with E-state index in [0.717, 1.165) is 318 Å². The van der Waals surface area contributed by atoms with E-state index < -0.39 is 28.0 Å². The Labute approximate surface area is 879 Å². The molecule has 0 aromatic carbocycles. The molecule has 39 heteroatoms. The number of alkyl carbamates (subject to hydrolysis) is 5. The Kier molecular flexibility index (Phi) is 114. The summed E-state index contributed by atoms with van der Waals surface area (Å²) in [5.41, 5.74) is 37.3. The SMILES string of the molecule is C=CC#N.C=CC#N.C=CC#N.CC(C)(C)OC(=O)NCCCCCCN.CC(C)(C)OC(=O)NCCCCCCN(CCC#N)CCC#N.CC(C)(C)OC(=O)NCCCCCCN(CCN(CCCN)CCCN)CCN(CCCN)CCCN.CC(C)(C)OC(=O)NCCCCCCN(CCN)CCN.[C-]#[N+]CCN(CCC#N)CCN(CCCCCCNC(=O)OC(C)(C)C)CCN(CCC#N)CCC#N. The lowest BCUT2D eigenvalue weighted by molar-refractivity contribution is 0.0515. The number of amides is 5. The first kappa shape index (κ1) is 151. The lowest BCUT2D eigenvalue weighted by Crippen LogP contribution is -2.42. The maximum absolute atomic E-state index is 11.8. The Bertz CT molecular complexity index is 3290. The number of carbonyl (C=O) groups is 5. The second-order valence-electron chi connectivity index (χ2n) is 39.3. The zero-order valence-electron chi connectivity index (χ0n) is 93.2. The van der Waals surface area contributed by atoms with Gasteiger partial charge in [-0.3, -0.25) is 4.90 Å². The summed E-state index contributed by atoms with van der Waals surface area (Å²) in [5, 5.41) is 80.6. The third kappa shape index (κ3) is 134. The predicted octanol–water partition coefficient (Wildman–Crippen LogP) is 13.6. The van der Waals surface area contributed by atoms with E-state index in [-0.39, 0.29) is 30.5 Å². The number of hydrogen-bond donors (Lipinski definition) is 12. The molecule has 0 aliphatic rings. The van der Waals surface area contributed by atoms with Crippen molar-refractivity contribution in [3.63, 3.8) is 0 Å². The van der Waals surface area contributed by atoms with Crippen molar-refractivity contribution >= 4 is 30.5 Å². The number of allylic oxidation sites excluding steroid dienone is 3. The molecule has 0 aromatic heterocycles. The first-order valence-corrected chi connectivity index (χ1v) is 52.7. The molecule has 0 aliphatic carbocycles. The minimum Gasteiger partial charge on any atom is -0.444 e. The van der Waals surface area contributed by atoms with Crippen LogP contribution in [0.1, 0.15) is 290 Å². The first-order valence-electron chi connectivity index (χ1n) is 52.7. The van der Waals surface area contributed by atoms with Gasteiger partial charge in [0.05, 0.1) is 55.1 Å². The molecule has 39 nitrogen and oxygen atoms in total. The van der Waals surface area contributed by atoms with Gasteiger partial charge >= 0.3 is 30.5 Å². The van der Waals surface area contributed by atoms with Gasteiger partial charge in [-0.1, -0.05) is 83.9 Å². The van der Waals surface area contributed by atoms with E-state index >= 15 is 0 Å². The summed E-state index contributed by atoms with van der Waals surface area (Å²) in [6.07, 6.45) is 29.4. The van der Waals surface area contributed by atoms with Crippen molar-refractivity contribution < 1.29 is 47.7 Å². The Balaban J connectivity index is -0.000000269. The van der Waals surface area contributed by atoms with E-state index in [2.05, 4.69) is 121 Å². The normalized spacial score (nSPS) is 10.8. The number of nitrogens with two attached hydrogens (primary N) is 7. The third-order valence-corrected chi connectivity index (χ3v) is 20.1. The van der Waals surface area contributed by atoms with Crippen molar-refractivity contribution in [1.29, 1.82) is 42.1 Å². The first-order chi connectivity index (χ1) is 69.0. The predicted molar refractivity (Wildman–Crippen MR) is 587 cm³/mol. The van der Waals surface area contributed by atoms with Gasteiger partial charge in [0.1, 0.15) is 28.0 Å². The highest BCUT2D eigenvalue weighted by Gasteiger charge is 2.22. The molecule has 0 atom stereocenters. The van der Waals surface area contributed by atoms with Gasteiger partial charge in [0.2, 0.25) is 6.54 Å². The third-order valence-electron chi connectivity index (χ3n) is 20.1. The molecule has 5 amide bonds. The summed E-state index contributed by atoms with van der Waals surface area (Å²) in [7, 11) is 0. The fourth-order valence-electron chi connectivity index (χ4n) is 13.1. The Morgan fingerprint density at radius 3 is 0.579 bits per heavy atom. The van der Waals surface area contributed by atoms with Crippen molar-refractivity contribution in [2.24, 2.45) is 40.1 Å². The van der Waals surface area contributed by atoms with E-state index in [1.165, 1.54) is 18.2 Å².